The fourth-order valence-electron chi connectivity index (χ4n) is 3.06. The predicted octanol–water partition coefficient (Wildman–Crippen LogP) is 3.91. The molecule has 0 aliphatic rings. The van der Waals surface area contributed by atoms with E-state index in [2.05, 4.69) is 16.7 Å². The number of hydrogen-bond acceptors (Lipinski definition) is 3. The Morgan fingerprint density at radius 2 is 1.79 bits per heavy atom. The highest BCUT2D eigenvalue weighted by molar-refractivity contribution is 7.90. The predicted molar refractivity (Wildman–Crippen MR) is 95.6 cm³/mol. The Morgan fingerprint density at radius 3 is 2.33 bits per heavy atom. The van der Waals surface area contributed by atoms with Gasteiger partial charge in [-0.05, 0) is 43.2 Å². The van der Waals surface area contributed by atoms with E-state index in [4.69, 9.17) is 0 Å². The fourth-order valence-corrected chi connectivity index (χ4v) is 3.69. The van der Waals surface area contributed by atoms with Crippen LogP contribution in [0, 0.1) is 18.3 Å². The van der Waals surface area contributed by atoms with Crippen molar-refractivity contribution in [2.24, 2.45) is 0 Å². The molecule has 0 bridgehead atoms. The minimum atomic E-state index is -3.24. The van der Waals surface area contributed by atoms with Crippen molar-refractivity contribution in [1.29, 1.82) is 5.26 Å². The van der Waals surface area contributed by atoms with E-state index in [1.54, 1.807) is 24.3 Å². The van der Waals surface area contributed by atoms with Crippen LogP contribution in [-0.2, 0) is 16.4 Å². The van der Waals surface area contributed by atoms with Crippen LogP contribution in [0.5, 0.6) is 0 Å². The highest BCUT2D eigenvalue weighted by Gasteiger charge is 2.18. The van der Waals surface area contributed by atoms with E-state index in [1.807, 2.05) is 26.0 Å². The zero-order valence-electron chi connectivity index (χ0n) is 13.9. The van der Waals surface area contributed by atoms with Crippen molar-refractivity contribution in [3.63, 3.8) is 0 Å². The van der Waals surface area contributed by atoms with E-state index >= 15 is 0 Å². The summed E-state index contributed by atoms with van der Waals surface area (Å²) in [4.78, 5) is 0.278. The molecule has 0 saturated heterocycles. The van der Waals surface area contributed by atoms with Gasteiger partial charge in [-0.1, -0.05) is 24.3 Å². The maximum absolute atomic E-state index is 11.6. The molecule has 1 aromatic heterocycles. The quantitative estimate of drug-likeness (QED) is 0.727. The molecule has 4 nitrogen and oxygen atoms in total. The summed E-state index contributed by atoms with van der Waals surface area (Å²) in [5, 5.41) is 10.6. The van der Waals surface area contributed by atoms with Crippen LogP contribution in [0.1, 0.15) is 18.1 Å². The molecule has 2 aromatic carbocycles. The maximum atomic E-state index is 11.6. The van der Waals surface area contributed by atoms with Crippen molar-refractivity contribution in [3.8, 4) is 17.3 Å². The first kappa shape index (κ1) is 16.3. The molecule has 122 valence electrons. The number of nitrogens with zero attached hydrogens (tertiary/aromatic N) is 2. The Kier molecular flexibility index (Phi) is 3.94. The molecule has 1 heterocycles. The van der Waals surface area contributed by atoms with Gasteiger partial charge < -0.3 is 4.57 Å². The minimum absolute atomic E-state index is 0.278. The topological polar surface area (TPSA) is 62.9 Å². The van der Waals surface area contributed by atoms with E-state index in [-0.39, 0.29) is 4.90 Å². The van der Waals surface area contributed by atoms with Crippen LogP contribution in [0.2, 0.25) is 0 Å². The molecule has 0 N–H and O–H groups in total. The van der Waals surface area contributed by atoms with Gasteiger partial charge in [-0.25, -0.2) is 8.42 Å². The van der Waals surface area contributed by atoms with Gasteiger partial charge in [-0.15, -0.1) is 0 Å². The lowest BCUT2D eigenvalue weighted by Crippen LogP contribution is -1.99. The van der Waals surface area contributed by atoms with Gasteiger partial charge in [0.25, 0.3) is 0 Å². The van der Waals surface area contributed by atoms with Crippen molar-refractivity contribution >= 4 is 20.7 Å². The fraction of sp³-hybridized carbons (Fsp3) is 0.211. The molecule has 0 aliphatic carbocycles. The molecule has 5 heteroatoms. The number of sulfone groups is 1. The first-order chi connectivity index (χ1) is 11.4. The van der Waals surface area contributed by atoms with Crippen LogP contribution in [-0.4, -0.2) is 19.2 Å². The number of fused-ring (bicyclic) bond motifs is 1. The summed E-state index contributed by atoms with van der Waals surface area (Å²) >= 11 is 0. The highest BCUT2D eigenvalue weighted by atomic mass is 32.2. The lowest BCUT2D eigenvalue weighted by Gasteiger charge is -2.09. The third-order valence-corrected chi connectivity index (χ3v) is 5.33. The SMILES string of the molecule is CCn1c(-c2ccc(S(C)(=O)=O)cc2)c(C#N)c2ccc(C)cc21. The van der Waals surface area contributed by atoms with Gasteiger partial charge in [0.15, 0.2) is 9.84 Å². The molecule has 3 aromatic rings. The number of rotatable bonds is 3. The average Bonchev–Trinajstić information content (AvgIpc) is 2.86. The molecule has 0 unspecified atom stereocenters. The second-order valence-electron chi connectivity index (χ2n) is 5.90. The largest absolute Gasteiger partial charge is 0.340 e. The Hall–Kier alpha value is -2.58. The van der Waals surface area contributed by atoms with Crippen molar-refractivity contribution in [1.82, 2.24) is 4.57 Å². The summed E-state index contributed by atoms with van der Waals surface area (Å²) in [7, 11) is -3.24. The molecular formula is C19H18N2O2S. The maximum Gasteiger partial charge on any atom is 0.175 e. The number of hydrogen-bond donors (Lipinski definition) is 0. The lowest BCUT2D eigenvalue weighted by molar-refractivity contribution is 0.602. The molecule has 0 spiro atoms. The van der Waals surface area contributed by atoms with Gasteiger partial charge in [-0.2, -0.15) is 5.26 Å². The van der Waals surface area contributed by atoms with Gasteiger partial charge in [0.05, 0.1) is 21.7 Å². The number of benzene rings is 2. The van der Waals surface area contributed by atoms with Crippen LogP contribution in [0.3, 0.4) is 0 Å². The highest BCUT2D eigenvalue weighted by Crippen LogP contribution is 2.34. The summed E-state index contributed by atoms with van der Waals surface area (Å²) in [6.45, 7) is 4.79. The Labute approximate surface area is 141 Å². The summed E-state index contributed by atoms with van der Waals surface area (Å²) in [5.74, 6) is 0. The van der Waals surface area contributed by atoms with Crippen molar-refractivity contribution in [3.05, 3.63) is 53.6 Å². The molecular weight excluding hydrogens is 320 g/mol. The second kappa shape index (κ2) is 5.81. The molecule has 0 amide bonds. The van der Waals surface area contributed by atoms with Gasteiger partial charge >= 0.3 is 0 Å². The normalized spacial score (nSPS) is 11.6. The summed E-state index contributed by atoms with van der Waals surface area (Å²) in [5.41, 5.74) is 4.46. The Bertz CT molecular complexity index is 1070. The molecule has 24 heavy (non-hydrogen) atoms. The van der Waals surface area contributed by atoms with Crippen LogP contribution in [0.4, 0.5) is 0 Å². The van der Waals surface area contributed by atoms with Crippen molar-refractivity contribution in [2.45, 2.75) is 25.3 Å². The molecule has 3 rings (SSSR count). The number of aryl methyl sites for hydroxylation is 2. The summed E-state index contributed by atoms with van der Waals surface area (Å²) in [6.07, 6.45) is 1.19. The lowest BCUT2D eigenvalue weighted by atomic mass is 10.1. The van der Waals surface area contributed by atoms with Gasteiger partial charge in [0.2, 0.25) is 0 Å². The second-order valence-corrected chi connectivity index (χ2v) is 7.91. The van der Waals surface area contributed by atoms with Crippen LogP contribution in [0.25, 0.3) is 22.2 Å². The Morgan fingerprint density at radius 1 is 1.12 bits per heavy atom. The van der Waals surface area contributed by atoms with E-state index in [0.29, 0.717) is 5.56 Å². The Balaban J connectivity index is 2.31. The summed E-state index contributed by atoms with van der Waals surface area (Å²) < 4.78 is 25.4. The minimum Gasteiger partial charge on any atom is -0.340 e. The number of aromatic nitrogens is 1. The number of nitriles is 1. The van der Waals surface area contributed by atoms with Gasteiger partial charge in [0, 0.05) is 18.2 Å². The first-order valence-corrected chi connectivity index (χ1v) is 9.59. The summed E-state index contributed by atoms with van der Waals surface area (Å²) in [6, 6.07) is 15.1. The monoisotopic (exact) mass is 338 g/mol. The van der Waals surface area contributed by atoms with Gasteiger partial charge in [-0.3, -0.25) is 0 Å². The molecule has 0 atom stereocenters. The van der Waals surface area contributed by atoms with Crippen molar-refractivity contribution in [2.75, 3.05) is 6.26 Å². The van der Waals surface area contributed by atoms with Crippen LogP contribution in [0.15, 0.2) is 47.4 Å². The standard InChI is InChI=1S/C19H18N2O2S/c1-4-21-18-11-13(2)5-10-16(18)17(12-20)19(21)14-6-8-15(9-7-14)24(3,22)23/h5-11H,4H2,1-3H3. The van der Waals surface area contributed by atoms with Gasteiger partial charge in [0.1, 0.15) is 6.07 Å². The zero-order valence-corrected chi connectivity index (χ0v) is 14.7. The van der Waals surface area contributed by atoms with Crippen molar-refractivity contribution < 1.29 is 8.42 Å². The van der Waals surface area contributed by atoms with E-state index < -0.39 is 9.84 Å². The van der Waals surface area contributed by atoms with Crippen LogP contribution >= 0.6 is 0 Å². The van der Waals surface area contributed by atoms with E-state index in [0.717, 1.165) is 34.3 Å². The van der Waals surface area contributed by atoms with E-state index in [9.17, 15) is 13.7 Å². The van der Waals surface area contributed by atoms with Crippen LogP contribution < -0.4 is 0 Å². The molecule has 0 radical (unpaired) electrons. The van der Waals surface area contributed by atoms with E-state index in [1.165, 1.54) is 6.26 Å². The smallest absolute Gasteiger partial charge is 0.175 e. The average molecular weight is 338 g/mol. The first-order valence-electron chi connectivity index (χ1n) is 7.70. The molecule has 0 fully saturated rings. The molecule has 0 aliphatic heterocycles. The zero-order chi connectivity index (χ0) is 17.5. The molecule has 0 saturated carbocycles. The third kappa shape index (κ3) is 2.59. The third-order valence-electron chi connectivity index (χ3n) is 4.20.